The molecule has 1 amide bonds. The molecule has 0 aromatic heterocycles. The number of hydrogen-bond acceptors (Lipinski definition) is 5. The average molecular weight is 595 g/mol. The monoisotopic (exact) mass is 593 g/mol. The van der Waals surface area contributed by atoms with Crippen LogP contribution in [0.4, 0.5) is 0 Å². The molecular weight excluding hydrogens is 557 g/mol. The van der Waals surface area contributed by atoms with Crippen molar-refractivity contribution < 1.29 is 14.3 Å². The van der Waals surface area contributed by atoms with Gasteiger partial charge in [0.05, 0.1) is 10.6 Å². The first-order chi connectivity index (χ1) is 19.9. The van der Waals surface area contributed by atoms with Gasteiger partial charge in [-0.05, 0) is 80.1 Å². The van der Waals surface area contributed by atoms with Crippen molar-refractivity contribution in [2.75, 3.05) is 39.5 Å². The van der Waals surface area contributed by atoms with Gasteiger partial charge in [0.25, 0.3) is 5.91 Å². The Hall–Kier alpha value is -2.77. The fraction of sp³-hybridized carbons (Fsp3) is 0.424. The van der Waals surface area contributed by atoms with Gasteiger partial charge in [-0.25, -0.2) is 0 Å². The van der Waals surface area contributed by atoms with Gasteiger partial charge in [-0.3, -0.25) is 14.6 Å². The van der Waals surface area contributed by atoms with Crippen LogP contribution < -0.4 is 9.47 Å². The molecule has 0 N–H and O–H groups in total. The van der Waals surface area contributed by atoms with Crippen LogP contribution in [0, 0.1) is 0 Å². The van der Waals surface area contributed by atoms with Gasteiger partial charge >= 0.3 is 0 Å². The van der Waals surface area contributed by atoms with Crippen molar-refractivity contribution in [3.05, 3.63) is 93.0 Å². The van der Waals surface area contributed by atoms with Gasteiger partial charge in [0, 0.05) is 55.9 Å². The van der Waals surface area contributed by atoms with Crippen molar-refractivity contribution in [3.8, 4) is 11.5 Å². The first-order valence-electron chi connectivity index (χ1n) is 14.6. The van der Waals surface area contributed by atoms with Crippen LogP contribution in [0.15, 0.2) is 60.7 Å². The Morgan fingerprint density at radius 3 is 2.39 bits per heavy atom. The number of rotatable bonds is 6. The van der Waals surface area contributed by atoms with Gasteiger partial charge in [0.1, 0.15) is 0 Å². The Balaban J connectivity index is 1.01. The normalized spacial score (nSPS) is 20.8. The van der Waals surface area contributed by atoms with Crippen molar-refractivity contribution in [2.24, 2.45) is 0 Å². The third kappa shape index (κ3) is 6.21. The van der Waals surface area contributed by atoms with E-state index in [0.717, 1.165) is 63.5 Å². The zero-order valence-corrected chi connectivity index (χ0v) is 25.2. The molecule has 0 bridgehead atoms. The van der Waals surface area contributed by atoms with Crippen LogP contribution in [0.3, 0.4) is 0 Å². The summed E-state index contributed by atoms with van der Waals surface area (Å²) in [5, 5.41) is 0.992. The van der Waals surface area contributed by atoms with Crippen LogP contribution in [0.5, 0.6) is 11.5 Å². The van der Waals surface area contributed by atoms with Crippen LogP contribution in [-0.2, 0) is 6.42 Å². The SMILES string of the molecule is C[C@@H]1CN(C2CCN(C(=O)c3cc(Cl)ccc3Cl)CC2)CCN1[C@@H](C)c1ccc(Cc2ccc3c(c2)OCO3)cc1. The van der Waals surface area contributed by atoms with Crippen molar-refractivity contribution in [2.45, 2.75) is 51.2 Å². The zero-order valence-electron chi connectivity index (χ0n) is 23.7. The fourth-order valence-electron chi connectivity index (χ4n) is 6.56. The highest BCUT2D eigenvalue weighted by Gasteiger charge is 2.34. The van der Waals surface area contributed by atoms with E-state index in [-0.39, 0.29) is 5.91 Å². The second-order valence-corrected chi connectivity index (χ2v) is 12.4. The second-order valence-electron chi connectivity index (χ2n) is 11.5. The summed E-state index contributed by atoms with van der Waals surface area (Å²) in [6.07, 6.45) is 2.84. The lowest BCUT2D eigenvalue weighted by molar-refractivity contribution is 0.0135. The molecule has 0 unspecified atom stereocenters. The molecule has 216 valence electrons. The number of piperidine rings is 1. The molecule has 2 fully saturated rings. The van der Waals surface area contributed by atoms with E-state index in [1.807, 2.05) is 11.0 Å². The minimum atomic E-state index is -0.0233. The van der Waals surface area contributed by atoms with Crippen LogP contribution in [0.25, 0.3) is 0 Å². The van der Waals surface area contributed by atoms with Crippen LogP contribution in [0.2, 0.25) is 10.0 Å². The lowest BCUT2D eigenvalue weighted by Gasteiger charge is -2.47. The van der Waals surface area contributed by atoms with Gasteiger partial charge in [0.2, 0.25) is 6.79 Å². The standard InChI is InChI=1S/C33H37Cl2N3O3/c1-22-20-37(28-11-13-36(14-12-28)33(39)29-19-27(34)8-9-30(29)35)15-16-38(22)23(2)26-6-3-24(4-7-26)17-25-5-10-31-32(18-25)41-21-40-31/h3-10,18-19,22-23,28H,11-17,20-21H2,1-2H3/t22-,23+/m1/s1. The third-order valence-corrected chi connectivity index (χ3v) is 9.51. The van der Waals surface area contributed by atoms with Crippen LogP contribution in [0.1, 0.15) is 59.8 Å². The number of hydrogen-bond donors (Lipinski definition) is 0. The quantitative estimate of drug-likeness (QED) is 0.319. The van der Waals surface area contributed by atoms with E-state index in [4.69, 9.17) is 32.7 Å². The predicted molar refractivity (Wildman–Crippen MR) is 163 cm³/mol. The van der Waals surface area contributed by atoms with E-state index in [2.05, 4.69) is 60.0 Å². The van der Waals surface area contributed by atoms with E-state index < -0.39 is 0 Å². The summed E-state index contributed by atoms with van der Waals surface area (Å²) in [4.78, 5) is 20.3. The number of amides is 1. The summed E-state index contributed by atoms with van der Waals surface area (Å²) >= 11 is 12.4. The number of carbonyl (C=O) groups is 1. The highest BCUT2D eigenvalue weighted by molar-refractivity contribution is 6.35. The highest BCUT2D eigenvalue weighted by atomic mass is 35.5. The number of nitrogens with zero attached hydrogens (tertiary/aromatic N) is 3. The Bertz CT molecular complexity index is 1390. The second kappa shape index (κ2) is 12.2. The van der Waals surface area contributed by atoms with Gasteiger partial charge in [0.15, 0.2) is 11.5 Å². The molecule has 3 aromatic carbocycles. The van der Waals surface area contributed by atoms with Crippen LogP contribution >= 0.6 is 23.2 Å². The molecule has 41 heavy (non-hydrogen) atoms. The van der Waals surface area contributed by atoms with Gasteiger partial charge < -0.3 is 14.4 Å². The van der Waals surface area contributed by atoms with Crippen molar-refractivity contribution in [3.63, 3.8) is 0 Å². The molecule has 0 aliphatic carbocycles. The average Bonchev–Trinajstić information content (AvgIpc) is 3.46. The van der Waals surface area contributed by atoms with E-state index in [9.17, 15) is 4.79 Å². The maximum atomic E-state index is 13.1. The van der Waals surface area contributed by atoms with E-state index in [1.54, 1.807) is 18.2 Å². The first kappa shape index (κ1) is 28.4. The lowest BCUT2D eigenvalue weighted by Crippen LogP contribution is -2.57. The molecule has 3 aliphatic heterocycles. The molecular formula is C33H37Cl2N3O3. The number of benzene rings is 3. The largest absolute Gasteiger partial charge is 0.454 e. The predicted octanol–water partition coefficient (Wildman–Crippen LogP) is 6.68. The Morgan fingerprint density at radius 1 is 0.902 bits per heavy atom. The highest BCUT2D eigenvalue weighted by Crippen LogP contribution is 2.34. The Morgan fingerprint density at radius 2 is 1.63 bits per heavy atom. The summed E-state index contributed by atoms with van der Waals surface area (Å²) in [5.74, 6) is 1.64. The number of fused-ring (bicyclic) bond motifs is 1. The molecule has 6 nitrogen and oxygen atoms in total. The summed E-state index contributed by atoms with van der Waals surface area (Å²) in [6, 6.07) is 21.7. The summed E-state index contributed by atoms with van der Waals surface area (Å²) in [6.45, 7) is 9.60. The number of likely N-dealkylation sites (tertiary alicyclic amines) is 1. The summed E-state index contributed by atoms with van der Waals surface area (Å²) in [5.41, 5.74) is 4.37. The topological polar surface area (TPSA) is 45.2 Å². The number of piperazine rings is 1. The summed E-state index contributed by atoms with van der Waals surface area (Å²) < 4.78 is 11.0. The third-order valence-electron chi connectivity index (χ3n) is 8.94. The maximum Gasteiger partial charge on any atom is 0.255 e. The Labute approximate surface area is 252 Å². The molecule has 3 heterocycles. The number of ether oxygens (including phenoxy) is 2. The molecule has 2 atom stereocenters. The maximum absolute atomic E-state index is 13.1. The summed E-state index contributed by atoms with van der Waals surface area (Å²) in [7, 11) is 0. The molecule has 3 aliphatic rings. The lowest BCUT2D eigenvalue weighted by atomic mass is 9.97. The smallest absolute Gasteiger partial charge is 0.255 e. The minimum Gasteiger partial charge on any atom is -0.454 e. The van der Waals surface area contributed by atoms with Crippen molar-refractivity contribution >= 4 is 29.1 Å². The molecule has 6 rings (SSSR count). The molecule has 2 saturated heterocycles. The Kier molecular flexibility index (Phi) is 8.45. The zero-order chi connectivity index (χ0) is 28.5. The van der Waals surface area contributed by atoms with E-state index in [0.29, 0.717) is 40.5 Å². The fourth-order valence-corrected chi connectivity index (χ4v) is 6.94. The van der Waals surface area contributed by atoms with Gasteiger partial charge in [-0.15, -0.1) is 0 Å². The van der Waals surface area contributed by atoms with Crippen molar-refractivity contribution in [1.29, 1.82) is 0 Å². The number of carbonyl (C=O) groups excluding carboxylic acids is 1. The molecule has 3 aromatic rings. The number of halogens is 2. The molecule has 8 heteroatoms. The molecule has 0 spiro atoms. The van der Waals surface area contributed by atoms with Gasteiger partial charge in [-0.2, -0.15) is 0 Å². The van der Waals surface area contributed by atoms with Crippen LogP contribution in [-0.4, -0.2) is 72.2 Å². The molecule has 0 radical (unpaired) electrons. The first-order valence-corrected chi connectivity index (χ1v) is 15.3. The van der Waals surface area contributed by atoms with E-state index >= 15 is 0 Å². The van der Waals surface area contributed by atoms with Gasteiger partial charge in [-0.1, -0.05) is 53.5 Å². The van der Waals surface area contributed by atoms with E-state index in [1.165, 1.54) is 16.7 Å². The molecule has 0 saturated carbocycles. The van der Waals surface area contributed by atoms with Crippen molar-refractivity contribution in [1.82, 2.24) is 14.7 Å². The minimum absolute atomic E-state index is 0.0233.